The number of nitrogens with two attached hydrogens (primary N) is 1. The SMILES string of the molecule is CN(CCc1ccccn1)C(=O)CC(NC(N)=O)c1cccs1. The Hall–Kier alpha value is -2.41. The zero-order valence-corrected chi connectivity index (χ0v) is 13.8. The van der Waals surface area contributed by atoms with Crippen LogP contribution in [-0.4, -0.2) is 35.4 Å². The summed E-state index contributed by atoms with van der Waals surface area (Å²) < 4.78 is 0. The number of rotatable bonds is 7. The van der Waals surface area contributed by atoms with Crippen LogP contribution in [-0.2, 0) is 11.2 Å². The van der Waals surface area contributed by atoms with E-state index in [9.17, 15) is 9.59 Å². The molecule has 7 heteroatoms. The van der Waals surface area contributed by atoms with Gasteiger partial charge in [0.1, 0.15) is 0 Å². The topological polar surface area (TPSA) is 88.3 Å². The van der Waals surface area contributed by atoms with E-state index in [1.165, 1.54) is 11.3 Å². The van der Waals surface area contributed by atoms with E-state index in [4.69, 9.17) is 5.73 Å². The fourth-order valence-electron chi connectivity index (χ4n) is 2.17. The molecule has 0 fully saturated rings. The van der Waals surface area contributed by atoms with E-state index >= 15 is 0 Å². The molecule has 0 aromatic carbocycles. The summed E-state index contributed by atoms with van der Waals surface area (Å²) in [5.74, 6) is -0.0481. The summed E-state index contributed by atoms with van der Waals surface area (Å²) in [5.41, 5.74) is 6.15. The summed E-state index contributed by atoms with van der Waals surface area (Å²) in [6.45, 7) is 0.573. The van der Waals surface area contributed by atoms with Crippen LogP contribution in [0, 0.1) is 0 Å². The Morgan fingerprint density at radius 1 is 1.35 bits per heavy atom. The van der Waals surface area contributed by atoms with Crippen molar-refractivity contribution in [2.24, 2.45) is 5.73 Å². The van der Waals surface area contributed by atoms with Crippen LogP contribution in [0.1, 0.15) is 23.0 Å². The number of primary amides is 1. The van der Waals surface area contributed by atoms with Crippen molar-refractivity contribution in [2.75, 3.05) is 13.6 Å². The van der Waals surface area contributed by atoms with Gasteiger partial charge in [-0.3, -0.25) is 9.78 Å². The minimum Gasteiger partial charge on any atom is -0.352 e. The van der Waals surface area contributed by atoms with Crippen molar-refractivity contribution < 1.29 is 9.59 Å². The first kappa shape index (κ1) is 17.0. The van der Waals surface area contributed by atoms with Crippen LogP contribution in [0.4, 0.5) is 4.79 Å². The van der Waals surface area contributed by atoms with E-state index in [1.54, 1.807) is 18.1 Å². The average molecular weight is 332 g/mol. The standard InChI is InChI=1S/C16H20N4O2S/c1-20(9-7-12-5-2-3-8-18-12)15(21)11-13(19-16(17)22)14-6-4-10-23-14/h2-6,8,10,13H,7,9,11H2,1H3,(H3,17,19,22). The van der Waals surface area contributed by atoms with Crippen molar-refractivity contribution in [3.05, 3.63) is 52.5 Å². The van der Waals surface area contributed by atoms with Crippen molar-refractivity contribution in [2.45, 2.75) is 18.9 Å². The largest absolute Gasteiger partial charge is 0.352 e. The van der Waals surface area contributed by atoms with Crippen LogP contribution < -0.4 is 11.1 Å². The maximum absolute atomic E-state index is 12.4. The highest BCUT2D eigenvalue weighted by molar-refractivity contribution is 7.10. The Labute approximate surface area is 139 Å². The lowest BCUT2D eigenvalue weighted by Gasteiger charge is -2.21. The number of hydrogen-bond donors (Lipinski definition) is 2. The highest BCUT2D eigenvalue weighted by Crippen LogP contribution is 2.22. The number of nitrogens with zero attached hydrogens (tertiary/aromatic N) is 2. The third kappa shape index (κ3) is 5.37. The Balaban J connectivity index is 1.91. The van der Waals surface area contributed by atoms with Crippen LogP contribution >= 0.6 is 11.3 Å². The average Bonchev–Trinajstić information content (AvgIpc) is 3.07. The molecule has 2 rings (SSSR count). The Morgan fingerprint density at radius 2 is 2.17 bits per heavy atom. The maximum Gasteiger partial charge on any atom is 0.312 e. The van der Waals surface area contributed by atoms with Gasteiger partial charge in [0.25, 0.3) is 0 Å². The molecular weight excluding hydrogens is 312 g/mol. The van der Waals surface area contributed by atoms with E-state index in [0.717, 1.165) is 10.6 Å². The van der Waals surface area contributed by atoms with Gasteiger partial charge in [0.2, 0.25) is 5.91 Å². The number of aromatic nitrogens is 1. The third-order valence-electron chi connectivity index (χ3n) is 3.44. The predicted molar refractivity (Wildman–Crippen MR) is 90.0 cm³/mol. The Bertz CT molecular complexity index is 631. The number of likely N-dealkylation sites (N-methyl/N-ethyl adjacent to an activating group) is 1. The first-order valence-electron chi connectivity index (χ1n) is 7.29. The van der Waals surface area contributed by atoms with E-state index in [0.29, 0.717) is 13.0 Å². The van der Waals surface area contributed by atoms with Gasteiger partial charge in [0.15, 0.2) is 0 Å². The monoisotopic (exact) mass is 332 g/mol. The first-order valence-corrected chi connectivity index (χ1v) is 8.17. The summed E-state index contributed by atoms with van der Waals surface area (Å²) in [6.07, 6.45) is 2.61. The fraction of sp³-hybridized carbons (Fsp3) is 0.312. The molecule has 0 spiro atoms. The van der Waals surface area contributed by atoms with Crippen molar-refractivity contribution >= 4 is 23.3 Å². The minimum atomic E-state index is -0.632. The number of amides is 3. The molecule has 0 aliphatic carbocycles. The molecule has 2 aromatic heterocycles. The second-order valence-electron chi connectivity index (χ2n) is 5.17. The van der Waals surface area contributed by atoms with Crippen molar-refractivity contribution in [3.8, 4) is 0 Å². The zero-order chi connectivity index (χ0) is 16.7. The molecule has 6 nitrogen and oxygen atoms in total. The number of hydrogen-bond acceptors (Lipinski definition) is 4. The van der Waals surface area contributed by atoms with Crippen LogP contribution in [0.15, 0.2) is 41.9 Å². The Kier molecular flexibility index (Phi) is 6.10. The lowest BCUT2D eigenvalue weighted by molar-refractivity contribution is -0.130. The molecule has 23 heavy (non-hydrogen) atoms. The second-order valence-corrected chi connectivity index (χ2v) is 6.15. The lowest BCUT2D eigenvalue weighted by atomic mass is 10.1. The number of pyridine rings is 1. The van der Waals surface area contributed by atoms with Crippen LogP contribution in [0.25, 0.3) is 0 Å². The van der Waals surface area contributed by atoms with E-state index < -0.39 is 12.1 Å². The number of nitrogens with one attached hydrogen (secondary N) is 1. The van der Waals surface area contributed by atoms with Gasteiger partial charge in [-0.2, -0.15) is 0 Å². The van der Waals surface area contributed by atoms with Crippen LogP contribution in [0.5, 0.6) is 0 Å². The zero-order valence-electron chi connectivity index (χ0n) is 12.9. The molecular formula is C16H20N4O2S. The molecule has 2 heterocycles. The number of thiophene rings is 1. The van der Waals surface area contributed by atoms with Gasteiger partial charge in [0, 0.05) is 36.8 Å². The van der Waals surface area contributed by atoms with Crippen LogP contribution in [0.2, 0.25) is 0 Å². The molecule has 122 valence electrons. The normalized spacial score (nSPS) is 11.7. The predicted octanol–water partition coefficient (Wildman–Crippen LogP) is 1.94. The van der Waals surface area contributed by atoms with E-state index in [2.05, 4.69) is 10.3 Å². The molecule has 3 amide bonds. The molecule has 0 radical (unpaired) electrons. The quantitative estimate of drug-likeness (QED) is 0.812. The molecule has 0 aliphatic rings. The van der Waals surface area contributed by atoms with Gasteiger partial charge in [-0.25, -0.2) is 4.79 Å². The maximum atomic E-state index is 12.4. The van der Waals surface area contributed by atoms with Gasteiger partial charge in [-0.1, -0.05) is 12.1 Å². The van der Waals surface area contributed by atoms with Gasteiger partial charge >= 0.3 is 6.03 Å². The molecule has 1 unspecified atom stereocenters. The fourth-order valence-corrected chi connectivity index (χ4v) is 2.95. The second kappa shape index (κ2) is 8.28. The van der Waals surface area contributed by atoms with E-state index in [1.807, 2.05) is 35.7 Å². The summed E-state index contributed by atoms with van der Waals surface area (Å²) in [6, 6.07) is 8.45. The Morgan fingerprint density at radius 3 is 2.78 bits per heavy atom. The smallest absolute Gasteiger partial charge is 0.312 e. The number of carbonyl (C=O) groups excluding carboxylic acids is 2. The van der Waals surface area contributed by atoms with Crippen molar-refractivity contribution in [3.63, 3.8) is 0 Å². The van der Waals surface area contributed by atoms with E-state index in [-0.39, 0.29) is 12.3 Å². The summed E-state index contributed by atoms with van der Waals surface area (Å²) in [5, 5.41) is 4.53. The van der Waals surface area contributed by atoms with Gasteiger partial charge in [0.05, 0.1) is 12.5 Å². The lowest BCUT2D eigenvalue weighted by Crippen LogP contribution is -2.37. The van der Waals surface area contributed by atoms with Gasteiger partial charge in [-0.15, -0.1) is 11.3 Å². The molecule has 0 saturated heterocycles. The molecule has 3 N–H and O–H groups in total. The number of carbonyl (C=O) groups is 2. The highest BCUT2D eigenvalue weighted by Gasteiger charge is 2.20. The van der Waals surface area contributed by atoms with Crippen molar-refractivity contribution in [1.82, 2.24) is 15.2 Å². The first-order chi connectivity index (χ1) is 11.1. The summed E-state index contributed by atoms with van der Waals surface area (Å²) >= 11 is 1.49. The molecule has 0 aliphatic heterocycles. The molecule has 1 atom stereocenters. The van der Waals surface area contributed by atoms with Gasteiger partial charge in [-0.05, 0) is 23.6 Å². The highest BCUT2D eigenvalue weighted by atomic mass is 32.1. The molecule has 2 aromatic rings. The minimum absolute atomic E-state index is 0.0481. The number of urea groups is 1. The van der Waals surface area contributed by atoms with Crippen molar-refractivity contribution in [1.29, 1.82) is 0 Å². The third-order valence-corrected chi connectivity index (χ3v) is 4.42. The molecule has 0 saturated carbocycles. The van der Waals surface area contributed by atoms with Crippen LogP contribution in [0.3, 0.4) is 0 Å². The van der Waals surface area contributed by atoms with Gasteiger partial charge < -0.3 is 16.0 Å². The summed E-state index contributed by atoms with van der Waals surface area (Å²) in [7, 11) is 1.75. The summed E-state index contributed by atoms with van der Waals surface area (Å²) in [4.78, 5) is 30.3. The molecule has 0 bridgehead atoms.